The van der Waals surface area contributed by atoms with E-state index in [0.29, 0.717) is 24.3 Å². The number of hydrogen-bond acceptors (Lipinski definition) is 3. The number of hydrogen-bond donors (Lipinski definition) is 1. The highest BCUT2D eigenvalue weighted by Crippen LogP contribution is 2.40. The third kappa shape index (κ3) is 3.51. The quantitative estimate of drug-likeness (QED) is 0.859. The van der Waals surface area contributed by atoms with Gasteiger partial charge in [-0.25, -0.2) is 0 Å². The first-order valence-corrected chi connectivity index (χ1v) is 9.97. The molecular weight excluding hydrogens is 322 g/mol. The molecule has 0 spiro atoms. The van der Waals surface area contributed by atoms with Gasteiger partial charge in [-0.1, -0.05) is 49.4 Å². The fraction of sp³-hybridized carbons (Fsp3) is 0.478. The molecule has 0 amide bonds. The van der Waals surface area contributed by atoms with Gasteiger partial charge in [-0.3, -0.25) is 4.90 Å². The van der Waals surface area contributed by atoms with Crippen LogP contribution in [0.4, 0.5) is 0 Å². The van der Waals surface area contributed by atoms with Gasteiger partial charge in [0, 0.05) is 12.6 Å². The molecule has 138 valence electrons. The predicted molar refractivity (Wildman–Crippen MR) is 104 cm³/mol. The number of nitrogens with zero attached hydrogens (tertiary/aromatic N) is 1. The van der Waals surface area contributed by atoms with Crippen LogP contribution in [0.2, 0.25) is 0 Å². The van der Waals surface area contributed by atoms with Crippen molar-refractivity contribution in [3.63, 3.8) is 0 Å². The lowest BCUT2D eigenvalue weighted by Gasteiger charge is -2.48. The Kier molecular flexibility index (Phi) is 5.28. The standard InChI is InChI=1S/C23H29NO2/c1-2-13-24-21-15-18-9-6-10-22(25)20(18)14-19(21)11-12-23(24)26-16-17-7-4-3-5-8-17/h3-10,19,21,23,25H,2,11-16H2,1H3. The van der Waals surface area contributed by atoms with Crippen molar-refractivity contribution in [1.82, 2.24) is 4.90 Å². The van der Waals surface area contributed by atoms with Crippen LogP contribution in [0, 0.1) is 5.92 Å². The zero-order valence-corrected chi connectivity index (χ0v) is 15.6. The number of ether oxygens (including phenoxy) is 1. The summed E-state index contributed by atoms with van der Waals surface area (Å²) in [4.78, 5) is 2.60. The van der Waals surface area contributed by atoms with Crippen molar-refractivity contribution in [2.45, 2.75) is 57.9 Å². The lowest BCUT2D eigenvalue weighted by atomic mass is 9.74. The van der Waals surface area contributed by atoms with E-state index in [-0.39, 0.29) is 6.23 Å². The van der Waals surface area contributed by atoms with Crippen LogP contribution < -0.4 is 0 Å². The first-order chi connectivity index (χ1) is 12.8. The van der Waals surface area contributed by atoms with Crippen LogP contribution in [0.15, 0.2) is 48.5 Å². The van der Waals surface area contributed by atoms with Gasteiger partial charge in [-0.2, -0.15) is 0 Å². The molecule has 0 bridgehead atoms. The summed E-state index contributed by atoms with van der Waals surface area (Å²) in [5.41, 5.74) is 3.73. The number of rotatable bonds is 5. The second-order valence-corrected chi connectivity index (χ2v) is 7.72. The van der Waals surface area contributed by atoms with Gasteiger partial charge in [-0.15, -0.1) is 0 Å². The van der Waals surface area contributed by atoms with E-state index < -0.39 is 0 Å². The third-order valence-electron chi connectivity index (χ3n) is 6.04. The van der Waals surface area contributed by atoms with Crippen LogP contribution in [0.1, 0.15) is 42.9 Å². The van der Waals surface area contributed by atoms with Gasteiger partial charge in [0.25, 0.3) is 0 Å². The molecule has 1 saturated heterocycles. The second kappa shape index (κ2) is 7.81. The van der Waals surface area contributed by atoms with E-state index in [2.05, 4.69) is 42.2 Å². The van der Waals surface area contributed by atoms with Crippen LogP contribution in [0.5, 0.6) is 5.75 Å². The van der Waals surface area contributed by atoms with E-state index in [1.807, 2.05) is 18.2 Å². The maximum Gasteiger partial charge on any atom is 0.119 e. The Morgan fingerprint density at radius 3 is 2.69 bits per heavy atom. The molecule has 1 aliphatic carbocycles. The Labute approximate surface area is 156 Å². The summed E-state index contributed by atoms with van der Waals surface area (Å²) >= 11 is 0. The molecule has 3 unspecified atom stereocenters. The Morgan fingerprint density at radius 2 is 1.88 bits per heavy atom. The number of phenols is 1. The predicted octanol–water partition coefficient (Wildman–Crippen LogP) is 4.52. The topological polar surface area (TPSA) is 32.7 Å². The Hall–Kier alpha value is -1.84. The van der Waals surface area contributed by atoms with Gasteiger partial charge in [-0.05, 0) is 60.8 Å². The summed E-state index contributed by atoms with van der Waals surface area (Å²) in [6.07, 6.45) is 5.63. The number of benzene rings is 2. The van der Waals surface area contributed by atoms with E-state index in [0.717, 1.165) is 32.2 Å². The highest BCUT2D eigenvalue weighted by molar-refractivity contribution is 5.42. The van der Waals surface area contributed by atoms with Gasteiger partial charge in [0.15, 0.2) is 0 Å². The largest absolute Gasteiger partial charge is 0.508 e. The van der Waals surface area contributed by atoms with Crippen molar-refractivity contribution < 1.29 is 9.84 Å². The maximum absolute atomic E-state index is 10.2. The highest BCUT2D eigenvalue weighted by atomic mass is 16.5. The summed E-state index contributed by atoms with van der Waals surface area (Å²) < 4.78 is 6.37. The summed E-state index contributed by atoms with van der Waals surface area (Å²) in [6.45, 7) is 4.01. The maximum atomic E-state index is 10.2. The van der Waals surface area contributed by atoms with E-state index in [1.54, 1.807) is 0 Å². The van der Waals surface area contributed by atoms with Gasteiger partial charge < -0.3 is 9.84 Å². The second-order valence-electron chi connectivity index (χ2n) is 7.72. The van der Waals surface area contributed by atoms with Crippen LogP contribution in [0.25, 0.3) is 0 Å². The fourth-order valence-electron chi connectivity index (χ4n) is 4.77. The molecule has 0 saturated carbocycles. The van der Waals surface area contributed by atoms with Crippen molar-refractivity contribution >= 4 is 0 Å². The number of aromatic hydroxyl groups is 1. The molecule has 0 radical (unpaired) electrons. The summed E-state index contributed by atoms with van der Waals surface area (Å²) in [5.74, 6) is 1.10. The summed E-state index contributed by atoms with van der Waals surface area (Å²) in [6, 6.07) is 17.0. The minimum Gasteiger partial charge on any atom is -0.508 e. The first kappa shape index (κ1) is 17.6. The normalized spacial score (nSPS) is 25.5. The molecule has 1 aliphatic heterocycles. The highest BCUT2D eigenvalue weighted by Gasteiger charge is 2.40. The number of fused-ring (bicyclic) bond motifs is 2. The van der Waals surface area contributed by atoms with Gasteiger partial charge >= 0.3 is 0 Å². The molecule has 0 aromatic heterocycles. The van der Waals surface area contributed by atoms with E-state index >= 15 is 0 Å². The average Bonchev–Trinajstić information content (AvgIpc) is 2.67. The molecule has 1 N–H and O–H groups in total. The van der Waals surface area contributed by atoms with Crippen molar-refractivity contribution in [3.8, 4) is 5.75 Å². The lowest BCUT2D eigenvalue weighted by molar-refractivity contribution is -0.127. The van der Waals surface area contributed by atoms with E-state index in [1.165, 1.54) is 23.1 Å². The fourth-order valence-corrected chi connectivity index (χ4v) is 4.77. The molecule has 2 aromatic carbocycles. The van der Waals surface area contributed by atoms with Crippen LogP contribution in [-0.4, -0.2) is 28.8 Å². The average molecular weight is 351 g/mol. The SMILES string of the molecule is CCCN1C(OCc2ccccc2)CCC2Cc3c(O)cccc3CC21. The Morgan fingerprint density at radius 1 is 1.04 bits per heavy atom. The number of piperidine rings is 1. The Bertz CT molecular complexity index is 730. The molecule has 1 fully saturated rings. The van der Waals surface area contributed by atoms with Crippen LogP contribution >= 0.6 is 0 Å². The van der Waals surface area contributed by atoms with Crippen LogP contribution in [-0.2, 0) is 24.2 Å². The Balaban J connectivity index is 1.51. The molecule has 3 atom stereocenters. The summed E-state index contributed by atoms with van der Waals surface area (Å²) in [7, 11) is 0. The monoisotopic (exact) mass is 351 g/mol. The first-order valence-electron chi connectivity index (χ1n) is 9.97. The lowest BCUT2D eigenvalue weighted by Crippen LogP contribution is -2.55. The van der Waals surface area contributed by atoms with Crippen molar-refractivity contribution in [1.29, 1.82) is 0 Å². The van der Waals surface area contributed by atoms with Gasteiger partial charge in [0.2, 0.25) is 0 Å². The third-order valence-corrected chi connectivity index (χ3v) is 6.04. The zero-order chi connectivity index (χ0) is 17.9. The van der Waals surface area contributed by atoms with E-state index in [4.69, 9.17) is 4.74 Å². The minimum absolute atomic E-state index is 0.204. The van der Waals surface area contributed by atoms with Crippen LogP contribution in [0.3, 0.4) is 0 Å². The van der Waals surface area contributed by atoms with Gasteiger partial charge in [0.05, 0.1) is 6.61 Å². The zero-order valence-electron chi connectivity index (χ0n) is 15.6. The molecule has 3 nitrogen and oxygen atoms in total. The van der Waals surface area contributed by atoms with Crippen molar-refractivity contribution in [3.05, 3.63) is 65.2 Å². The molecule has 26 heavy (non-hydrogen) atoms. The smallest absolute Gasteiger partial charge is 0.119 e. The van der Waals surface area contributed by atoms with Crippen molar-refractivity contribution in [2.24, 2.45) is 5.92 Å². The molecular formula is C23H29NO2. The minimum atomic E-state index is 0.204. The molecule has 2 aliphatic rings. The summed E-state index contributed by atoms with van der Waals surface area (Å²) in [5, 5.41) is 10.2. The molecule has 3 heteroatoms. The number of phenolic OH excluding ortho intramolecular Hbond substituents is 1. The van der Waals surface area contributed by atoms with E-state index in [9.17, 15) is 5.11 Å². The molecule has 4 rings (SSSR count). The molecule has 2 aromatic rings. The molecule has 1 heterocycles. The van der Waals surface area contributed by atoms with Gasteiger partial charge in [0.1, 0.15) is 12.0 Å². The number of likely N-dealkylation sites (tertiary alicyclic amines) is 1. The van der Waals surface area contributed by atoms with Crippen molar-refractivity contribution in [2.75, 3.05) is 6.54 Å².